The molecule has 2 aliphatic heterocycles. The molecule has 7 heteroatoms. The quantitative estimate of drug-likeness (QED) is 0.299. The van der Waals surface area contributed by atoms with E-state index in [0.29, 0.717) is 5.96 Å². The van der Waals surface area contributed by atoms with Crippen LogP contribution in [-0.4, -0.2) is 68.1 Å². The molecule has 152 valence electrons. The van der Waals surface area contributed by atoms with Gasteiger partial charge >= 0.3 is 0 Å². The van der Waals surface area contributed by atoms with Gasteiger partial charge in [-0.25, -0.2) is 4.39 Å². The van der Waals surface area contributed by atoms with E-state index < -0.39 is 0 Å². The summed E-state index contributed by atoms with van der Waals surface area (Å²) in [5.41, 5.74) is 6.85. The van der Waals surface area contributed by atoms with Crippen molar-refractivity contribution in [2.45, 2.75) is 26.2 Å². The summed E-state index contributed by atoms with van der Waals surface area (Å²) in [5, 5.41) is 0. The molecular weight excluding hydrogens is 456 g/mol. The van der Waals surface area contributed by atoms with E-state index in [0.717, 1.165) is 70.4 Å². The van der Waals surface area contributed by atoms with Crippen LogP contribution in [0.5, 0.6) is 0 Å². The zero-order valence-corrected chi connectivity index (χ0v) is 18.6. The van der Waals surface area contributed by atoms with Crippen LogP contribution in [0.1, 0.15) is 26.2 Å². The monoisotopic (exact) mass is 489 g/mol. The lowest BCUT2D eigenvalue weighted by atomic mass is 10.00. The molecule has 2 fully saturated rings. The highest BCUT2D eigenvalue weighted by Crippen LogP contribution is 2.20. The van der Waals surface area contributed by atoms with Crippen molar-refractivity contribution in [3.63, 3.8) is 0 Å². The molecule has 0 radical (unpaired) electrons. The number of benzene rings is 1. The summed E-state index contributed by atoms with van der Waals surface area (Å²) >= 11 is 0. The zero-order valence-electron chi connectivity index (χ0n) is 16.3. The van der Waals surface area contributed by atoms with Crippen LogP contribution < -0.4 is 10.6 Å². The largest absolute Gasteiger partial charge is 0.370 e. The molecule has 0 aromatic heterocycles. The summed E-state index contributed by atoms with van der Waals surface area (Å²) in [6.45, 7) is 9.87. The number of nitrogens with two attached hydrogens (primary N) is 1. The first kappa shape index (κ1) is 22.2. The van der Waals surface area contributed by atoms with Gasteiger partial charge in [0, 0.05) is 52.4 Å². The third-order valence-corrected chi connectivity index (χ3v) is 5.58. The number of piperazine rings is 1. The third-order valence-electron chi connectivity index (χ3n) is 5.58. The average molecular weight is 489 g/mol. The summed E-state index contributed by atoms with van der Waals surface area (Å²) in [5.74, 6) is 1.39. The van der Waals surface area contributed by atoms with Crippen molar-refractivity contribution in [2.24, 2.45) is 16.6 Å². The van der Waals surface area contributed by atoms with Crippen molar-refractivity contribution in [3.8, 4) is 0 Å². The first-order valence-electron chi connectivity index (χ1n) is 9.90. The van der Waals surface area contributed by atoms with Crippen LogP contribution in [-0.2, 0) is 0 Å². The Kier molecular flexibility index (Phi) is 9.08. The van der Waals surface area contributed by atoms with Crippen molar-refractivity contribution < 1.29 is 4.39 Å². The van der Waals surface area contributed by atoms with Gasteiger partial charge in [-0.2, -0.15) is 0 Å². The smallest absolute Gasteiger partial charge is 0.191 e. The summed E-state index contributed by atoms with van der Waals surface area (Å²) in [6.07, 6.45) is 3.44. The lowest BCUT2D eigenvalue weighted by Crippen LogP contribution is -2.47. The highest BCUT2D eigenvalue weighted by molar-refractivity contribution is 14.0. The Morgan fingerprint density at radius 2 is 1.78 bits per heavy atom. The lowest BCUT2D eigenvalue weighted by molar-refractivity contribution is 0.255. The first-order valence-corrected chi connectivity index (χ1v) is 9.90. The van der Waals surface area contributed by atoms with Crippen LogP contribution in [0.4, 0.5) is 10.1 Å². The fourth-order valence-corrected chi connectivity index (χ4v) is 3.75. The number of para-hydroxylation sites is 1. The summed E-state index contributed by atoms with van der Waals surface area (Å²) in [6, 6.07) is 7.04. The second-order valence-electron chi connectivity index (χ2n) is 7.54. The van der Waals surface area contributed by atoms with E-state index >= 15 is 0 Å². The van der Waals surface area contributed by atoms with Gasteiger partial charge in [0.2, 0.25) is 0 Å². The molecule has 1 aromatic carbocycles. The summed E-state index contributed by atoms with van der Waals surface area (Å²) in [4.78, 5) is 11.4. The maximum atomic E-state index is 13.9. The topological polar surface area (TPSA) is 48.1 Å². The number of halogens is 2. The van der Waals surface area contributed by atoms with E-state index in [1.54, 1.807) is 6.07 Å². The van der Waals surface area contributed by atoms with E-state index in [1.807, 2.05) is 12.1 Å². The van der Waals surface area contributed by atoms with Crippen molar-refractivity contribution >= 4 is 35.6 Å². The van der Waals surface area contributed by atoms with Crippen LogP contribution >= 0.6 is 24.0 Å². The third kappa shape index (κ3) is 6.48. The maximum absolute atomic E-state index is 13.9. The molecule has 2 N–H and O–H groups in total. The minimum atomic E-state index is -0.127. The Hall–Kier alpha value is -1.09. The van der Waals surface area contributed by atoms with Crippen molar-refractivity contribution in [1.82, 2.24) is 9.80 Å². The van der Waals surface area contributed by atoms with Gasteiger partial charge in [0.25, 0.3) is 0 Å². The van der Waals surface area contributed by atoms with Gasteiger partial charge in [-0.05, 0) is 37.3 Å². The molecule has 0 aliphatic carbocycles. The van der Waals surface area contributed by atoms with Gasteiger partial charge in [0.15, 0.2) is 5.96 Å². The Bertz CT molecular complexity index is 596. The van der Waals surface area contributed by atoms with Crippen LogP contribution in [0.3, 0.4) is 0 Å². The average Bonchev–Trinajstić information content (AvgIpc) is 2.67. The molecule has 0 unspecified atom stereocenters. The Balaban J connectivity index is 0.00000261. The molecule has 2 aliphatic rings. The number of nitrogens with zero attached hydrogens (tertiary/aromatic N) is 4. The summed E-state index contributed by atoms with van der Waals surface area (Å²) in [7, 11) is 0. The number of rotatable bonds is 5. The van der Waals surface area contributed by atoms with E-state index in [1.165, 1.54) is 18.9 Å². The Morgan fingerprint density at radius 3 is 2.44 bits per heavy atom. The Morgan fingerprint density at radius 1 is 1.11 bits per heavy atom. The van der Waals surface area contributed by atoms with Crippen LogP contribution in [0, 0.1) is 11.7 Å². The second-order valence-corrected chi connectivity index (χ2v) is 7.54. The molecule has 0 spiro atoms. The molecule has 27 heavy (non-hydrogen) atoms. The fraction of sp³-hybridized carbons (Fsp3) is 0.650. The standard InChI is InChI=1S/C20H32FN5.HI/c1-17-7-11-26(12-8-17)20(22)23-9-4-10-24-13-15-25(16-14-24)19-6-3-2-5-18(19)21;/h2-3,5-6,17H,4,7-16H2,1H3,(H2,22,23);1H. The number of aliphatic imine (C=N–C) groups is 1. The SMILES string of the molecule is CC1CCN(C(N)=NCCCN2CCN(c3ccccc3F)CC2)CC1.I. The molecule has 5 nitrogen and oxygen atoms in total. The molecule has 0 saturated carbocycles. The summed E-state index contributed by atoms with van der Waals surface area (Å²) < 4.78 is 13.9. The predicted molar refractivity (Wildman–Crippen MR) is 122 cm³/mol. The minimum absolute atomic E-state index is 0. The van der Waals surface area contributed by atoms with Crippen LogP contribution in [0.15, 0.2) is 29.3 Å². The predicted octanol–water partition coefficient (Wildman–Crippen LogP) is 3.00. The van der Waals surface area contributed by atoms with E-state index in [2.05, 4.69) is 26.6 Å². The highest BCUT2D eigenvalue weighted by atomic mass is 127. The van der Waals surface area contributed by atoms with Crippen molar-refractivity contribution in [2.75, 3.05) is 57.3 Å². The number of anilines is 1. The van der Waals surface area contributed by atoms with Gasteiger partial charge in [-0.3, -0.25) is 9.89 Å². The van der Waals surface area contributed by atoms with E-state index in [-0.39, 0.29) is 29.8 Å². The first-order chi connectivity index (χ1) is 12.6. The normalized spacial score (nSPS) is 19.9. The van der Waals surface area contributed by atoms with Crippen molar-refractivity contribution in [3.05, 3.63) is 30.1 Å². The van der Waals surface area contributed by atoms with Gasteiger partial charge in [-0.1, -0.05) is 19.1 Å². The highest BCUT2D eigenvalue weighted by Gasteiger charge is 2.19. The molecular formula is C20H33FIN5. The Labute approximate surface area is 179 Å². The van der Waals surface area contributed by atoms with Crippen molar-refractivity contribution in [1.29, 1.82) is 0 Å². The van der Waals surface area contributed by atoms with Gasteiger partial charge in [0.05, 0.1) is 5.69 Å². The number of likely N-dealkylation sites (tertiary alicyclic amines) is 1. The molecule has 0 amide bonds. The van der Waals surface area contributed by atoms with E-state index in [9.17, 15) is 4.39 Å². The number of guanidine groups is 1. The zero-order chi connectivity index (χ0) is 18.4. The number of hydrogen-bond donors (Lipinski definition) is 1. The van der Waals surface area contributed by atoms with Gasteiger partial charge in [-0.15, -0.1) is 24.0 Å². The molecule has 2 heterocycles. The molecule has 2 saturated heterocycles. The molecule has 0 atom stereocenters. The van der Waals surface area contributed by atoms with Gasteiger partial charge < -0.3 is 15.5 Å². The fourth-order valence-electron chi connectivity index (χ4n) is 3.75. The molecule has 3 rings (SSSR count). The molecule has 1 aromatic rings. The van der Waals surface area contributed by atoms with Crippen LogP contribution in [0.2, 0.25) is 0 Å². The lowest BCUT2D eigenvalue weighted by Gasteiger charge is -2.36. The maximum Gasteiger partial charge on any atom is 0.191 e. The number of hydrogen-bond acceptors (Lipinski definition) is 3. The van der Waals surface area contributed by atoms with Gasteiger partial charge in [0.1, 0.15) is 5.82 Å². The van der Waals surface area contributed by atoms with Crippen LogP contribution in [0.25, 0.3) is 0 Å². The molecule has 0 bridgehead atoms. The van der Waals surface area contributed by atoms with E-state index in [4.69, 9.17) is 5.73 Å². The minimum Gasteiger partial charge on any atom is -0.370 e. The number of piperidine rings is 1. The second kappa shape index (κ2) is 11.0.